The Labute approximate surface area is 212 Å². The number of hydrazone groups is 1. The molecular formula is C23H21ClN4O7S. The fourth-order valence-corrected chi connectivity index (χ4v) is 4.70. The lowest BCUT2D eigenvalue weighted by molar-refractivity contribution is -0.384. The molecular weight excluding hydrogens is 512 g/mol. The minimum atomic E-state index is -4.22. The third kappa shape index (κ3) is 6.09. The molecule has 0 aliphatic rings. The molecule has 1 amide bonds. The highest BCUT2D eigenvalue weighted by molar-refractivity contribution is 7.92. The van der Waals surface area contributed by atoms with Gasteiger partial charge in [-0.2, -0.15) is 5.10 Å². The number of ether oxygens (including phenoxy) is 2. The first kappa shape index (κ1) is 26.4. The quantitative estimate of drug-likeness (QED) is 0.239. The van der Waals surface area contributed by atoms with Gasteiger partial charge in [0.2, 0.25) is 0 Å². The molecule has 0 aliphatic heterocycles. The number of methoxy groups -OCH3 is 2. The Balaban J connectivity index is 1.87. The van der Waals surface area contributed by atoms with E-state index in [2.05, 4.69) is 10.5 Å². The van der Waals surface area contributed by atoms with Crippen molar-refractivity contribution >= 4 is 45.1 Å². The molecule has 3 aromatic rings. The largest absolute Gasteiger partial charge is 0.493 e. The lowest BCUT2D eigenvalue weighted by Gasteiger charge is -2.24. The van der Waals surface area contributed by atoms with E-state index < -0.39 is 27.4 Å². The highest BCUT2D eigenvalue weighted by Gasteiger charge is 2.28. The Morgan fingerprint density at radius 3 is 2.42 bits per heavy atom. The van der Waals surface area contributed by atoms with Crippen LogP contribution in [0, 0.1) is 10.1 Å². The number of halogens is 1. The number of rotatable bonds is 10. The van der Waals surface area contributed by atoms with Gasteiger partial charge in [-0.15, -0.1) is 0 Å². The van der Waals surface area contributed by atoms with E-state index in [1.165, 1.54) is 62.8 Å². The van der Waals surface area contributed by atoms with Gasteiger partial charge in [-0.1, -0.05) is 29.8 Å². The zero-order valence-electron chi connectivity index (χ0n) is 19.1. The molecule has 36 heavy (non-hydrogen) atoms. The predicted octanol–water partition coefficient (Wildman–Crippen LogP) is 3.61. The molecule has 3 rings (SSSR count). The summed E-state index contributed by atoms with van der Waals surface area (Å²) in [5.41, 5.74) is 2.46. The number of hydrogen-bond donors (Lipinski definition) is 1. The Hall–Kier alpha value is -4.16. The molecule has 0 atom stereocenters. The zero-order valence-corrected chi connectivity index (χ0v) is 20.7. The van der Waals surface area contributed by atoms with E-state index in [-0.39, 0.29) is 32.6 Å². The van der Waals surface area contributed by atoms with E-state index in [1.807, 2.05) is 0 Å². The second kappa shape index (κ2) is 11.5. The van der Waals surface area contributed by atoms with E-state index in [1.54, 1.807) is 18.2 Å². The maximum Gasteiger partial charge on any atom is 0.270 e. The van der Waals surface area contributed by atoms with Crippen LogP contribution in [0.25, 0.3) is 0 Å². The van der Waals surface area contributed by atoms with Crippen molar-refractivity contribution in [3.8, 4) is 11.5 Å². The SMILES string of the molecule is COc1ccc(S(=O)(=O)N(CC(=O)N/N=C\c2cc([N+](=O)[O-])ccc2Cl)c2ccccc2)cc1OC. The van der Waals surface area contributed by atoms with Crippen molar-refractivity contribution in [2.45, 2.75) is 4.90 Å². The van der Waals surface area contributed by atoms with Gasteiger partial charge in [0.25, 0.3) is 21.6 Å². The van der Waals surface area contributed by atoms with Gasteiger partial charge in [-0.3, -0.25) is 19.2 Å². The molecule has 11 nitrogen and oxygen atoms in total. The van der Waals surface area contributed by atoms with E-state index in [4.69, 9.17) is 21.1 Å². The number of nitro groups is 1. The summed E-state index contributed by atoms with van der Waals surface area (Å²) in [6.45, 7) is -0.610. The standard InChI is InChI=1S/C23H21ClN4O7S/c1-34-21-11-9-19(13-22(21)35-2)36(32,33)27(17-6-4-3-5-7-17)15-23(29)26-25-14-16-12-18(28(30)31)8-10-20(16)24/h3-14H,15H2,1-2H3,(H,26,29)/b25-14-. The van der Waals surface area contributed by atoms with Gasteiger partial charge < -0.3 is 9.47 Å². The average molecular weight is 533 g/mol. The van der Waals surface area contributed by atoms with Crippen LogP contribution < -0.4 is 19.2 Å². The van der Waals surface area contributed by atoms with Gasteiger partial charge >= 0.3 is 0 Å². The zero-order chi connectivity index (χ0) is 26.3. The van der Waals surface area contributed by atoms with Crippen LogP contribution in [0.1, 0.15) is 5.56 Å². The Bertz CT molecular complexity index is 1400. The lowest BCUT2D eigenvalue weighted by atomic mass is 10.2. The molecule has 3 aromatic carbocycles. The summed E-state index contributed by atoms with van der Waals surface area (Å²) in [4.78, 5) is 22.9. The monoisotopic (exact) mass is 532 g/mol. The van der Waals surface area contributed by atoms with Crippen LogP contribution >= 0.6 is 11.6 Å². The molecule has 188 valence electrons. The molecule has 0 fully saturated rings. The molecule has 0 unspecified atom stereocenters. The fraction of sp³-hybridized carbons (Fsp3) is 0.130. The number of amides is 1. The van der Waals surface area contributed by atoms with Crippen LogP contribution in [0.2, 0.25) is 5.02 Å². The van der Waals surface area contributed by atoms with Crippen LogP contribution in [-0.2, 0) is 14.8 Å². The Kier molecular flexibility index (Phi) is 8.46. The predicted molar refractivity (Wildman–Crippen MR) is 134 cm³/mol. The summed E-state index contributed by atoms with van der Waals surface area (Å²) < 4.78 is 38.3. The number of carbonyl (C=O) groups is 1. The average Bonchev–Trinajstić information content (AvgIpc) is 2.88. The van der Waals surface area contributed by atoms with Gasteiger partial charge in [0, 0.05) is 28.8 Å². The number of nitrogens with one attached hydrogen (secondary N) is 1. The van der Waals surface area contributed by atoms with Gasteiger partial charge in [0.1, 0.15) is 6.54 Å². The topological polar surface area (TPSA) is 140 Å². The summed E-state index contributed by atoms with van der Waals surface area (Å²) in [5.74, 6) is -0.218. The molecule has 0 aromatic heterocycles. The molecule has 1 N–H and O–H groups in total. The smallest absolute Gasteiger partial charge is 0.270 e. The number of nitro benzene ring substituents is 1. The van der Waals surface area contributed by atoms with Crippen LogP contribution in [0.15, 0.2) is 76.7 Å². The summed E-state index contributed by atoms with van der Waals surface area (Å²) in [6.07, 6.45) is 1.13. The summed E-state index contributed by atoms with van der Waals surface area (Å²) in [6, 6.07) is 15.9. The van der Waals surface area contributed by atoms with Gasteiger partial charge in [-0.05, 0) is 30.3 Å². The normalized spacial score (nSPS) is 11.2. The van der Waals surface area contributed by atoms with E-state index >= 15 is 0 Å². The third-order valence-corrected chi connectivity index (χ3v) is 6.97. The van der Waals surface area contributed by atoms with E-state index in [0.29, 0.717) is 5.75 Å². The Morgan fingerprint density at radius 1 is 1.08 bits per heavy atom. The fourth-order valence-electron chi connectivity index (χ4n) is 3.10. The molecule has 0 saturated carbocycles. The van der Waals surface area contributed by atoms with Crippen LogP contribution in [0.5, 0.6) is 11.5 Å². The molecule has 0 bridgehead atoms. The van der Waals surface area contributed by atoms with Crippen LogP contribution in [0.4, 0.5) is 11.4 Å². The molecule has 13 heteroatoms. The number of benzene rings is 3. The van der Waals surface area contributed by atoms with Gasteiger partial charge in [-0.25, -0.2) is 13.8 Å². The van der Waals surface area contributed by atoms with Crippen molar-refractivity contribution in [1.82, 2.24) is 5.43 Å². The maximum atomic E-state index is 13.5. The molecule has 0 aliphatic carbocycles. The van der Waals surface area contributed by atoms with E-state index in [0.717, 1.165) is 10.5 Å². The summed E-state index contributed by atoms with van der Waals surface area (Å²) in [5, 5.41) is 14.9. The third-order valence-electron chi connectivity index (χ3n) is 4.86. The van der Waals surface area contributed by atoms with Crippen molar-refractivity contribution in [3.05, 3.63) is 87.4 Å². The second-order valence-electron chi connectivity index (χ2n) is 7.12. The molecule has 0 spiro atoms. The number of non-ortho nitro benzene ring substituents is 1. The Morgan fingerprint density at radius 2 is 1.78 bits per heavy atom. The second-order valence-corrected chi connectivity index (χ2v) is 9.39. The van der Waals surface area contributed by atoms with Gasteiger partial charge in [0.15, 0.2) is 11.5 Å². The molecule has 0 heterocycles. The number of anilines is 1. The highest BCUT2D eigenvalue weighted by atomic mass is 35.5. The number of sulfonamides is 1. The number of carbonyl (C=O) groups excluding carboxylic acids is 1. The van der Waals surface area contributed by atoms with Crippen molar-refractivity contribution in [2.24, 2.45) is 5.10 Å². The first-order chi connectivity index (χ1) is 17.2. The lowest BCUT2D eigenvalue weighted by Crippen LogP contribution is -2.39. The van der Waals surface area contributed by atoms with Crippen molar-refractivity contribution < 1.29 is 27.6 Å². The number of nitrogens with zero attached hydrogens (tertiary/aromatic N) is 3. The number of para-hydroxylation sites is 1. The summed E-state index contributed by atoms with van der Waals surface area (Å²) in [7, 11) is -1.41. The van der Waals surface area contributed by atoms with E-state index in [9.17, 15) is 23.3 Å². The number of hydrogen-bond acceptors (Lipinski definition) is 8. The van der Waals surface area contributed by atoms with Gasteiger partial charge in [0.05, 0.1) is 35.9 Å². The first-order valence-electron chi connectivity index (χ1n) is 10.2. The van der Waals surface area contributed by atoms with Crippen LogP contribution in [0.3, 0.4) is 0 Å². The minimum absolute atomic E-state index is 0.122. The maximum absolute atomic E-state index is 13.5. The minimum Gasteiger partial charge on any atom is -0.493 e. The van der Waals surface area contributed by atoms with Crippen molar-refractivity contribution in [3.63, 3.8) is 0 Å². The summed E-state index contributed by atoms with van der Waals surface area (Å²) >= 11 is 6.02. The highest BCUT2D eigenvalue weighted by Crippen LogP contribution is 2.32. The van der Waals surface area contributed by atoms with Crippen molar-refractivity contribution in [1.29, 1.82) is 0 Å². The molecule has 0 saturated heterocycles. The van der Waals surface area contributed by atoms with Crippen LogP contribution in [-0.4, -0.2) is 46.2 Å². The van der Waals surface area contributed by atoms with Crippen molar-refractivity contribution in [2.75, 3.05) is 25.1 Å². The first-order valence-corrected chi connectivity index (χ1v) is 12.0. The molecule has 0 radical (unpaired) electrons.